The van der Waals surface area contributed by atoms with E-state index in [4.69, 9.17) is 0 Å². The number of para-hydroxylation sites is 1. The lowest BCUT2D eigenvalue weighted by atomic mass is 10.2. The molecule has 164 valence electrons. The maximum absolute atomic E-state index is 13.8. The number of nitrogens with zero attached hydrogens (tertiary/aromatic N) is 4. The number of halogens is 1. The Labute approximate surface area is 187 Å². The minimum absolute atomic E-state index is 0.0240. The SMILES string of the molecule is CC(C)n1c(CNC(=O)c2ccccc2F)nnc1SCc1nc2ccccc2c(=O)[nH]1. The molecule has 32 heavy (non-hydrogen) atoms. The molecule has 0 bridgehead atoms. The van der Waals surface area contributed by atoms with Gasteiger partial charge in [-0.2, -0.15) is 0 Å². The molecule has 0 saturated heterocycles. The number of benzene rings is 2. The van der Waals surface area contributed by atoms with E-state index >= 15 is 0 Å². The van der Waals surface area contributed by atoms with Gasteiger partial charge in [-0.3, -0.25) is 9.59 Å². The fourth-order valence-electron chi connectivity index (χ4n) is 3.28. The standard InChI is InChI=1S/C22H21FN6O2S/c1-13(2)29-19(11-24-20(30)14-7-3-5-9-16(14)23)27-28-22(29)32-12-18-25-17-10-6-4-8-15(17)21(31)26-18/h3-10,13H,11-12H2,1-2H3,(H,24,30)(H,25,26,31). The number of fused-ring (bicyclic) bond motifs is 1. The number of H-pyrrole nitrogens is 1. The monoisotopic (exact) mass is 452 g/mol. The Morgan fingerprint density at radius 2 is 1.91 bits per heavy atom. The Morgan fingerprint density at radius 1 is 1.16 bits per heavy atom. The minimum Gasteiger partial charge on any atom is -0.345 e. The van der Waals surface area contributed by atoms with E-state index in [1.807, 2.05) is 24.5 Å². The Morgan fingerprint density at radius 3 is 2.69 bits per heavy atom. The summed E-state index contributed by atoms with van der Waals surface area (Å²) in [7, 11) is 0. The predicted octanol–water partition coefficient (Wildman–Crippen LogP) is 3.46. The van der Waals surface area contributed by atoms with Crippen molar-refractivity contribution in [3.63, 3.8) is 0 Å². The van der Waals surface area contributed by atoms with Crippen LogP contribution in [0.2, 0.25) is 0 Å². The van der Waals surface area contributed by atoms with Gasteiger partial charge in [0.2, 0.25) is 0 Å². The largest absolute Gasteiger partial charge is 0.345 e. The van der Waals surface area contributed by atoms with Crippen molar-refractivity contribution >= 4 is 28.6 Å². The van der Waals surface area contributed by atoms with Crippen LogP contribution in [0.5, 0.6) is 0 Å². The first-order chi connectivity index (χ1) is 15.4. The second-order valence-corrected chi connectivity index (χ2v) is 8.29. The fourth-order valence-corrected chi connectivity index (χ4v) is 4.24. The van der Waals surface area contributed by atoms with Crippen molar-refractivity contribution in [3.05, 3.63) is 81.9 Å². The average Bonchev–Trinajstić information content (AvgIpc) is 3.19. The quantitative estimate of drug-likeness (QED) is 0.416. The first-order valence-corrected chi connectivity index (χ1v) is 11.0. The first kappa shape index (κ1) is 21.7. The summed E-state index contributed by atoms with van der Waals surface area (Å²) in [6, 6.07) is 13.0. The number of carbonyl (C=O) groups is 1. The highest BCUT2D eigenvalue weighted by atomic mass is 32.2. The molecular weight excluding hydrogens is 431 g/mol. The number of aromatic nitrogens is 5. The number of nitrogens with one attached hydrogen (secondary N) is 2. The highest BCUT2D eigenvalue weighted by Crippen LogP contribution is 2.24. The zero-order chi connectivity index (χ0) is 22.7. The Kier molecular flexibility index (Phi) is 6.31. The molecule has 2 aromatic heterocycles. The molecule has 0 saturated carbocycles. The lowest BCUT2D eigenvalue weighted by Gasteiger charge is -2.14. The Bertz CT molecular complexity index is 1330. The van der Waals surface area contributed by atoms with Gasteiger partial charge in [-0.1, -0.05) is 36.0 Å². The number of amides is 1. The van der Waals surface area contributed by atoms with Gasteiger partial charge in [-0.25, -0.2) is 9.37 Å². The van der Waals surface area contributed by atoms with Crippen LogP contribution in [0.3, 0.4) is 0 Å². The molecule has 4 aromatic rings. The van der Waals surface area contributed by atoms with Crippen LogP contribution in [-0.4, -0.2) is 30.6 Å². The van der Waals surface area contributed by atoms with E-state index in [0.717, 1.165) is 0 Å². The maximum Gasteiger partial charge on any atom is 0.258 e. The molecular formula is C22H21FN6O2S. The van der Waals surface area contributed by atoms with Crippen LogP contribution < -0.4 is 10.9 Å². The van der Waals surface area contributed by atoms with Gasteiger partial charge in [0.05, 0.1) is 28.8 Å². The van der Waals surface area contributed by atoms with Gasteiger partial charge in [0.15, 0.2) is 11.0 Å². The zero-order valence-corrected chi connectivity index (χ0v) is 18.3. The number of rotatable bonds is 7. The summed E-state index contributed by atoms with van der Waals surface area (Å²) in [4.78, 5) is 31.9. The molecule has 0 unspecified atom stereocenters. The molecule has 0 radical (unpaired) electrons. The van der Waals surface area contributed by atoms with Crippen molar-refractivity contribution in [2.24, 2.45) is 0 Å². The number of aromatic amines is 1. The summed E-state index contributed by atoms with van der Waals surface area (Å²) in [5.41, 5.74) is 0.422. The molecule has 0 aliphatic carbocycles. The third-order valence-corrected chi connectivity index (χ3v) is 5.73. The van der Waals surface area contributed by atoms with E-state index in [2.05, 4.69) is 25.5 Å². The van der Waals surface area contributed by atoms with E-state index < -0.39 is 11.7 Å². The summed E-state index contributed by atoms with van der Waals surface area (Å²) in [5, 5.41) is 12.3. The molecule has 10 heteroatoms. The summed E-state index contributed by atoms with van der Waals surface area (Å²) in [6.07, 6.45) is 0. The van der Waals surface area contributed by atoms with Crippen molar-refractivity contribution in [3.8, 4) is 0 Å². The molecule has 8 nitrogen and oxygen atoms in total. The summed E-state index contributed by atoms with van der Waals surface area (Å²) >= 11 is 1.38. The number of thioether (sulfide) groups is 1. The molecule has 0 aliphatic rings. The van der Waals surface area contributed by atoms with Gasteiger partial charge in [-0.15, -0.1) is 10.2 Å². The van der Waals surface area contributed by atoms with Crippen molar-refractivity contribution in [2.75, 3.05) is 0 Å². The van der Waals surface area contributed by atoms with Crippen molar-refractivity contribution in [1.82, 2.24) is 30.0 Å². The van der Waals surface area contributed by atoms with Gasteiger partial charge in [-0.05, 0) is 38.1 Å². The van der Waals surface area contributed by atoms with Crippen LogP contribution >= 0.6 is 11.8 Å². The smallest absolute Gasteiger partial charge is 0.258 e. The number of hydrogen-bond donors (Lipinski definition) is 2. The molecule has 0 atom stereocenters. The second kappa shape index (κ2) is 9.31. The second-order valence-electron chi connectivity index (χ2n) is 7.34. The zero-order valence-electron chi connectivity index (χ0n) is 17.5. The molecule has 0 fully saturated rings. The summed E-state index contributed by atoms with van der Waals surface area (Å²) in [6.45, 7) is 4.06. The van der Waals surface area contributed by atoms with Crippen LogP contribution in [-0.2, 0) is 12.3 Å². The van der Waals surface area contributed by atoms with Crippen LogP contribution in [0.15, 0.2) is 58.5 Å². The van der Waals surface area contributed by atoms with Crippen molar-refractivity contribution in [2.45, 2.75) is 37.3 Å². The van der Waals surface area contributed by atoms with Crippen LogP contribution in [0.1, 0.15) is 41.9 Å². The normalized spacial score (nSPS) is 11.2. The molecule has 2 heterocycles. The van der Waals surface area contributed by atoms with Gasteiger partial charge in [0.25, 0.3) is 11.5 Å². The molecule has 4 rings (SSSR count). The Balaban J connectivity index is 1.49. The van der Waals surface area contributed by atoms with Gasteiger partial charge in [0.1, 0.15) is 11.6 Å². The highest BCUT2D eigenvalue weighted by molar-refractivity contribution is 7.98. The average molecular weight is 453 g/mol. The lowest BCUT2D eigenvalue weighted by Crippen LogP contribution is -2.26. The lowest BCUT2D eigenvalue weighted by molar-refractivity contribution is 0.0945. The molecule has 2 N–H and O–H groups in total. The summed E-state index contributed by atoms with van der Waals surface area (Å²) < 4.78 is 15.7. The van der Waals surface area contributed by atoms with E-state index in [9.17, 15) is 14.0 Å². The summed E-state index contributed by atoms with van der Waals surface area (Å²) in [5.74, 6) is 0.377. The minimum atomic E-state index is -0.580. The van der Waals surface area contributed by atoms with Crippen LogP contribution in [0.25, 0.3) is 10.9 Å². The first-order valence-electron chi connectivity index (χ1n) is 10.0. The molecule has 0 aliphatic heterocycles. The third kappa shape index (κ3) is 4.54. The van der Waals surface area contributed by atoms with Gasteiger partial charge in [0, 0.05) is 6.04 Å². The topological polar surface area (TPSA) is 106 Å². The highest BCUT2D eigenvalue weighted by Gasteiger charge is 2.18. The Hall–Kier alpha value is -3.53. The van der Waals surface area contributed by atoms with Crippen molar-refractivity contribution in [1.29, 1.82) is 0 Å². The van der Waals surface area contributed by atoms with Crippen LogP contribution in [0, 0.1) is 5.82 Å². The van der Waals surface area contributed by atoms with E-state index in [-0.39, 0.29) is 23.7 Å². The molecule has 2 aromatic carbocycles. The number of hydrogen-bond acceptors (Lipinski definition) is 6. The molecule has 1 amide bonds. The number of carbonyl (C=O) groups excluding carboxylic acids is 1. The van der Waals surface area contributed by atoms with Gasteiger partial charge < -0.3 is 14.9 Å². The van der Waals surface area contributed by atoms with Crippen molar-refractivity contribution < 1.29 is 9.18 Å². The van der Waals surface area contributed by atoms with E-state index in [1.54, 1.807) is 24.3 Å². The van der Waals surface area contributed by atoms with E-state index in [0.29, 0.717) is 33.5 Å². The predicted molar refractivity (Wildman–Crippen MR) is 120 cm³/mol. The van der Waals surface area contributed by atoms with Crippen LogP contribution in [0.4, 0.5) is 4.39 Å². The fraction of sp³-hybridized carbons (Fsp3) is 0.227. The molecule has 0 spiro atoms. The maximum atomic E-state index is 13.8. The van der Waals surface area contributed by atoms with Gasteiger partial charge >= 0.3 is 0 Å². The van der Waals surface area contributed by atoms with E-state index in [1.165, 1.54) is 30.0 Å². The third-order valence-electron chi connectivity index (χ3n) is 4.78.